The van der Waals surface area contributed by atoms with Crippen LogP contribution in [0.1, 0.15) is 19.8 Å². The molecule has 8 heteroatoms. The standard InChI is InChI=1S/C6H12O5S2.Na/c1-6(12,5(7)8)3-2-4-13(9,10)11;/h12H,2-4H2,1H3,(H,7,8)(H,9,10,11);/q;+1/p-1. The van der Waals surface area contributed by atoms with Gasteiger partial charge in [-0.25, -0.2) is 0 Å². The normalized spacial score (nSPS) is 15.4. The van der Waals surface area contributed by atoms with E-state index >= 15 is 0 Å². The monoisotopic (exact) mass is 250 g/mol. The molecule has 0 saturated heterocycles. The molecule has 1 N–H and O–H groups in total. The van der Waals surface area contributed by atoms with Crippen molar-refractivity contribution in [3.63, 3.8) is 0 Å². The largest absolute Gasteiger partial charge is 1.00 e. The Bertz CT molecular complexity index is 285. The molecule has 0 heterocycles. The number of hydrogen-bond acceptors (Lipinski definition) is 5. The van der Waals surface area contributed by atoms with Crippen molar-refractivity contribution in [1.29, 1.82) is 0 Å². The summed E-state index contributed by atoms with van der Waals surface area (Å²) >= 11 is 3.77. The SMILES string of the molecule is CC(S)(CCCS(=O)(=O)O)C(=O)[O-].[Na+]. The van der Waals surface area contributed by atoms with Crippen LogP contribution in [0.5, 0.6) is 0 Å². The second-order valence-electron chi connectivity index (χ2n) is 2.95. The van der Waals surface area contributed by atoms with Gasteiger partial charge in [0.05, 0.1) is 11.7 Å². The van der Waals surface area contributed by atoms with Crippen molar-refractivity contribution in [3.8, 4) is 0 Å². The Labute approximate surface area is 111 Å². The number of carbonyl (C=O) groups excluding carboxylic acids is 1. The topological polar surface area (TPSA) is 94.5 Å². The van der Waals surface area contributed by atoms with E-state index in [1.165, 1.54) is 6.92 Å². The van der Waals surface area contributed by atoms with Crippen molar-refractivity contribution in [3.05, 3.63) is 0 Å². The quantitative estimate of drug-likeness (QED) is 0.295. The maximum atomic E-state index is 10.4. The van der Waals surface area contributed by atoms with Gasteiger partial charge >= 0.3 is 29.6 Å². The molecule has 0 bridgehead atoms. The average molecular weight is 250 g/mol. The molecule has 0 aromatic carbocycles. The summed E-state index contributed by atoms with van der Waals surface area (Å²) in [4.78, 5) is 10.4. The third-order valence-corrected chi connectivity index (χ3v) is 2.72. The number of thiol groups is 1. The van der Waals surface area contributed by atoms with Crippen LogP contribution >= 0.6 is 12.6 Å². The first-order valence-electron chi connectivity index (χ1n) is 3.54. The van der Waals surface area contributed by atoms with E-state index in [9.17, 15) is 18.3 Å². The number of hydrogen-bond donors (Lipinski definition) is 2. The Balaban J connectivity index is 0. The molecular formula is C6H11NaO5S2. The van der Waals surface area contributed by atoms with Gasteiger partial charge in [-0.15, -0.1) is 0 Å². The Morgan fingerprint density at radius 1 is 1.57 bits per heavy atom. The Kier molecular flexibility index (Phi) is 7.76. The van der Waals surface area contributed by atoms with Crippen molar-refractivity contribution >= 4 is 28.7 Å². The zero-order chi connectivity index (χ0) is 10.7. The maximum Gasteiger partial charge on any atom is 1.00 e. The molecule has 1 atom stereocenters. The molecule has 78 valence electrons. The minimum absolute atomic E-state index is 0. The summed E-state index contributed by atoms with van der Waals surface area (Å²) in [7, 11) is -4.02. The van der Waals surface area contributed by atoms with E-state index in [0.717, 1.165) is 0 Å². The van der Waals surface area contributed by atoms with Crippen LogP contribution in [0.4, 0.5) is 0 Å². The van der Waals surface area contributed by atoms with E-state index in [1.807, 2.05) is 0 Å². The summed E-state index contributed by atoms with van der Waals surface area (Å²) in [5, 5.41) is 10.4. The number of carboxylic acids is 1. The second-order valence-corrected chi connectivity index (χ2v) is 5.51. The molecule has 0 aliphatic carbocycles. The summed E-state index contributed by atoms with van der Waals surface area (Å²) in [5.74, 6) is -1.82. The van der Waals surface area contributed by atoms with Gasteiger partial charge in [-0.1, -0.05) is 0 Å². The van der Waals surface area contributed by atoms with Gasteiger partial charge in [0, 0.05) is 4.75 Å². The fourth-order valence-electron chi connectivity index (χ4n) is 0.701. The zero-order valence-electron chi connectivity index (χ0n) is 8.06. The molecule has 0 aliphatic rings. The first kappa shape index (κ1) is 17.1. The maximum absolute atomic E-state index is 10.4. The second kappa shape index (κ2) is 6.34. The van der Waals surface area contributed by atoms with Crippen LogP contribution in [0.15, 0.2) is 0 Å². The third kappa shape index (κ3) is 8.07. The van der Waals surface area contributed by atoms with E-state index in [4.69, 9.17) is 4.55 Å². The summed E-state index contributed by atoms with van der Waals surface area (Å²) < 4.78 is 27.5. The van der Waals surface area contributed by atoms with Crippen molar-refractivity contribution in [1.82, 2.24) is 0 Å². The van der Waals surface area contributed by atoms with Crippen LogP contribution in [-0.2, 0) is 14.9 Å². The van der Waals surface area contributed by atoms with E-state index in [2.05, 4.69) is 12.6 Å². The minimum atomic E-state index is -4.02. The molecule has 0 saturated carbocycles. The first-order chi connectivity index (χ1) is 5.65. The van der Waals surface area contributed by atoms with Crippen LogP contribution in [0.2, 0.25) is 0 Å². The van der Waals surface area contributed by atoms with E-state index in [-0.39, 0.29) is 42.4 Å². The predicted octanol–water partition coefficient (Wildman–Crippen LogP) is -3.90. The molecular weight excluding hydrogens is 239 g/mol. The molecule has 5 nitrogen and oxygen atoms in total. The molecule has 0 aromatic rings. The van der Waals surface area contributed by atoms with Crippen LogP contribution in [-0.4, -0.2) is 29.4 Å². The number of rotatable bonds is 5. The van der Waals surface area contributed by atoms with Crippen molar-refractivity contribution < 1.29 is 52.4 Å². The smallest absolute Gasteiger partial charge is 0.549 e. The van der Waals surface area contributed by atoms with Gasteiger partial charge in [0.1, 0.15) is 0 Å². The van der Waals surface area contributed by atoms with E-state index in [1.54, 1.807) is 0 Å². The molecule has 0 aliphatic heterocycles. The van der Waals surface area contributed by atoms with Crippen LogP contribution in [0.25, 0.3) is 0 Å². The van der Waals surface area contributed by atoms with Crippen molar-refractivity contribution in [2.24, 2.45) is 0 Å². The van der Waals surface area contributed by atoms with Crippen molar-refractivity contribution in [2.75, 3.05) is 5.75 Å². The van der Waals surface area contributed by atoms with E-state index in [0.29, 0.717) is 0 Å². The molecule has 0 aromatic heterocycles. The summed E-state index contributed by atoms with van der Waals surface area (Å²) in [6.07, 6.45) is 0.0606. The fourth-order valence-corrected chi connectivity index (χ4v) is 1.37. The molecule has 1 unspecified atom stereocenters. The molecule has 0 amide bonds. The van der Waals surface area contributed by atoms with Gasteiger partial charge in [0.15, 0.2) is 0 Å². The molecule has 0 spiro atoms. The third-order valence-electron chi connectivity index (χ3n) is 1.51. The average Bonchev–Trinajstić information content (AvgIpc) is 1.82. The Morgan fingerprint density at radius 2 is 2.00 bits per heavy atom. The first-order valence-corrected chi connectivity index (χ1v) is 5.60. The Morgan fingerprint density at radius 3 is 2.29 bits per heavy atom. The van der Waals surface area contributed by atoms with E-state index < -0.39 is 26.6 Å². The van der Waals surface area contributed by atoms with Gasteiger partial charge in [-0.05, 0) is 19.8 Å². The summed E-state index contributed by atoms with van der Waals surface area (Å²) in [6.45, 7) is 1.31. The minimum Gasteiger partial charge on any atom is -0.549 e. The number of carboxylic acid groups (broad SMARTS) is 1. The van der Waals surface area contributed by atoms with Gasteiger partial charge in [-0.2, -0.15) is 21.0 Å². The van der Waals surface area contributed by atoms with Gasteiger partial charge in [0.25, 0.3) is 10.1 Å². The van der Waals surface area contributed by atoms with Crippen LogP contribution in [0.3, 0.4) is 0 Å². The predicted molar refractivity (Wildman–Crippen MR) is 48.0 cm³/mol. The Hall–Kier alpha value is 0.730. The molecule has 14 heavy (non-hydrogen) atoms. The summed E-state index contributed by atoms with van der Waals surface area (Å²) in [6, 6.07) is 0. The number of aliphatic carboxylic acids is 1. The van der Waals surface area contributed by atoms with Crippen molar-refractivity contribution in [2.45, 2.75) is 24.5 Å². The van der Waals surface area contributed by atoms with Crippen LogP contribution in [0, 0.1) is 0 Å². The van der Waals surface area contributed by atoms with Gasteiger partial charge in [0.2, 0.25) is 0 Å². The fraction of sp³-hybridized carbons (Fsp3) is 0.833. The summed E-state index contributed by atoms with van der Waals surface area (Å²) in [5.41, 5.74) is 0. The molecule has 0 radical (unpaired) electrons. The molecule has 0 fully saturated rings. The van der Waals surface area contributed by atoms with Crippen LogP contribution < -0.4 is 34.7 Å². The zero-order valence-corrected chi connectivity index (χ0v) is 11.8. The van der Waals surface area contributed by atoms with Gasteiger partial charge in [-0.3, -0.25) is 4.55 Å². The number of carbonyl (C=O) groups is 1. The molecule has 0 rings (SSSR count). The van der Waals surface area contributed by atoms with Gasteiger partial charge < -0.3 is 9.90 Å².